The molecule has 10 nitrogen and oxygen atoms in total. The maximum atomic E-state index is 12.3. The summed E-state index contributed by atoms with van der Waals surface area (Å²) in [5.41, 5.74) is 0. The van der Waals surface area contributed by atoms with Crippen molar-refractivity contribution in [1.29, 1.82) is 0 Å². The third-order valence-corrected chi connectivity index (χ3v) is 3.61. The summed E-state index contributed by atoms with van der Waals surface area (Å²) in [6, 6.07) is -0.771. The van der Waals surface area contributed by atoms with Crippen LogP contribution in [0.25, 0.3) is 0 Å². The van der Waals surface area contributed by atoms with Gasteiger partial charge in [-0.05, 0) is 0 Å². The molecule has 10 heteroatoms. The summed E-state index contributed by atoms with van der Waals surface area (Å²) in [4.78, 5) is 51.7. The normalized spacial score (nSPS) is 24.0. The minimum Gasteiger partial charge on any atom is -0.444 e. The zero-order valence-corrected chi connectivity index (χ0v) is 12.8. The van der Waals surface area contributed by atoms with Gasteiger partial charge in [0.2, 0.25) is 0 Å². The Morgan fingerprint density at radius 1 is 0.864 bits per heavy atom. The fraction of sp³-hybridized carbons (Fsp3) is 0.667. The second-order valence-corrected chi connectivity index (χ2v) is 5.08. The number of likely N-dealkylation sites (N-methyl/N-ethyl adjacent to an activating group) is 2. The molecule has 2 saturated heterocycles. The molecule has 4 amide bonds. The molecule has 0 atom stereocenters. The van der Waals surface area contributed by atoms with Gasteiger partial charge in [0.15, 0.2) is 19.6 Å². The number of hydrogen-bond acceptors (Lipinski definition) is 6. The number of nitrogens with zero attached hydrogens (tertiary/aromatic N) is 4. The van der Waals surface area contributed by atoms with Crippen molar-refractivity contribution >= 4 is 24.0 Å². The summed E-state index contributed by atoms with van der Waals surface area (Å²) >= 11 is 0. The molecule has 2 fully saturated rings. The molecule has 0 aromatic rings. The van der Waals surface area contributed by atoms with E-state index in [0.717, 1.165) is 0 Å². The summed E-state index contributed by atoms with van der Waals surface area (Å²) in [6.07, 6.45) is -1.25. The van der Waals surface area contributed by atoms with Crippen molar-refractivity contribution in [3.63, 3.8) is 0 Å². The van der Waals surface area contributed by atoms with Gasteiger partial charge in [0.05, 0.1) is 0 Å². The molecule has 0 aliphatic carbocycles. The van der Waals surface area contributed by atoms with Crippen molar-refractivity contribution in [1.82, 2.24) is 19.6 Å². The van der Waals surface area contributed by atoms with Gasteiger partial charge in [-0.3, -0.25) is 19.4 Å². The van der Waals surface area contributed by atoms with Crippen molar-refractivity contribution in [2.75, 3.05) is 27.6 Å². The molecule has 0 saturated carbocycles. The number of fused-ring (bicyclic) bond motifs is 1. The first kappa shape index (κ1) is 15.9. The summed E-state index contributed by atoms with van der Waals surface area (Å²) in [7, 11) is 3.10. The standard InChI is InChI=1S/C12H18N4O6/c1-7(17)21-5-15-10-9(13(3)11(15)19)14(4)12(20)16(10)6-22-8(2)18/h9-10H,5-6H2,1-4H3. The van der Waals surface area contributed by atoms with Crippen LogP contribution in [0.2, 0.25) is 0 Å². The average molecular weight is 314 g/mol. The van der Waals surface area contributed by atoms with Crippen LogP contribution in [0.3, 0.4) is 0 Å². The van der Waals surface area contributed by atoms with E-state index in [9.17, 15) is 19.2 Å². The van der Waals surface area contributed by atoms with Crippen LogP contribution in [0.5, 0.6) is 0 Å². The number of hydrogen-bond donors (Lipinski definition) is 0. The van der Waals surface area contributed by atoms with Crippen LogP contribution in [0.15, 0.2) is 0 Å². The summed E-state index contributed by atoms with van der Waals surface area (Å²) in [5.74, 6) is -1.08. The van der Waals surface area contributed by atoms with E-state index >= 15 is 0 Å². The fourth-order valence-corrected chi connectivity index (χ4v) is 2.59. The summed E-state index contributed by atoms with van der Waals surface area (Å²) < 4.78 is 9.74. The third kappa shape index (κ3) is 2.51. The van der Waals surface area contributed by atoms with E-state index in [4.69, 9.17) is 9.47 Å². The minimum atomic E-state index is -0.700. The largest absolute Gasteiger partial charge is 0.444 e. The Morgan fingerprint density at radius 3 is 1.55 bits per heavy atom. The Balaban J connectivity index is 2.24. The van der Waals surface area contributed by atoms with Gasteiger partial charge in [0, 0.05) is 27.9 Å². The molecule has 0 N–H and O–H groups in total. The minimum absolute atomic E-state index is 0.280. The van der Waals surface area contributed by atoms with Crippen LogP contribution in [0.4, 0.5) is 9.59 Å². The van der Waals surface area contributed by atoms with Crippen molar-refractivity contribution in [2.24, 2.45) is 0 Å². The van der Waals surface area contributed by atoms with Crippen LogP contribution >= 0.6 is 0 Å². The maximum absolute atomic E-state index is 12.3. The second kappa shape index (κ2) is 5.70. The number of amides is 4. The van der Waals surface area contributed by atoms with Crippen molar-refractivity contribution in [2.45, 2.75) is 26.2 Å². The quantitative estimate of drug-likeness (QED) is 0.643. The van der Waals surface area contributed by atoms with Gasteiger partial charge in [-0.15, -0.1) is 0 Å². The van der Waals surface area contributed by atoms with Crippen LogP contribution in [0, 0.1) is 0 Å². The number of rotatable bonds is 4. The highest BCUT2D eigenvalue weighted by Gasteiger charge is 2.57. The van der Waals surface area contributed by atoms with Crippen molar-refractivity contribution in [3.05, 3.63) is 0 Å². The number of carbonyl (C=O) groups excluding carboxylic acids is 4. The van der Waals surface area contributed by atoms with Crippen LogP contribution in [-0.4, -0.2) is 83.5 Å². The molecular formula is C12H18N4O6. The molecule has 22 heavy (non-hydrogen) atoms. The van der Waals surface area contributed by atoms with Crippen molar-refractivity contribution < 1.29 is 28.7 Å². The molecule has 0 bridgehead atoms. The molecule has 0 radical (unpaired) electrons. The van der Waals surface area contributed by atoms with Gasteiger partial charge in [-0.2, -0.15) is 0 Å². The first-order valence-electron chi connectivity index (χ1n) is 6.59. The van der Waals surface area contributed by atoms with Gasteiger partial charge in [0.25, 0.3) is 0 Å². The van der Waals surface area contributed by atoms with E-state index in [2.05, 4.69) is 0 Å². The van der Waals surface area contributed by atoms with E-state index in [0.29, 0.717) is 0 Å². The molecule has 2 aliphatic heterocycles. The van der Waals surface area contributed by atoms with Crippen LogP contribution < -0.4 is 0 Å². The van der Waals surface area contributed by atoms with E-state index in [1.165, 1.54) is 33.4 Å². The first-order chi connectivity index (χ1) is 10.3. The number of ether oxygens (including phenoxy) is 2. The average Bonchev–Trinajstić information content (AvgIpc) is 2.81. The lowest BCUT2D eigenvalue weighted by Gasteiger charge is -2.28. The second-order valence-electron chi connectivity index (χ2n) is 5.08. The predicted octanol–water partition coefficient (Wildman–Crippen LogP) is -0.585. The molecule has 0 aromatic carbocycles. The molecular weight excluding hydrogens is 296 g/mol. The van der Waals surface area contributed by atoms with Gasteiger partial charge in [-0.1, -0.05) is 0 Å². The number of carbonyl (C=O) groups is 4. The Hall–Kier alpha value is -2.52. The van der Waals surface area contributed by atoms with Gasteiger partial charge >= 0.3 is 24.0 Å². The van der Waals surface area contributed by atoms with Crippen LogP contribution in [-0.2, 0) is 19.1 Å². The lowest BCUT2D eigenvalue weighted by atomic mass is 10.3. The molecule has 2 aliphatic rings. The first-order valence-corrected chi connectivity index (χ1v) is 6.59. The zero-order chi connectivity index (χ0) is 16.6. The van der Waals surface area contributed by atoms with Gasteiger partial charge < -0.3 is 19.3 Å². The number of urea groups is 2. The molecule has 0 unspecified atom stereocenters. The predicted molar refractivity (Wildman–Crippen MR) is 70.8 cm³/mol. The van der Waals surface area contributed by atoms with Gasteiger partial charge in [0.1, 0.15) is 6.17 Å². The lowest BCUT2D eigenvalue weighted by Crippen LogP contribution is -2.48. The van der Waals surface area contributed by atoms with Crippen LogP contribution in [0.1, 0.15) is 13.8 Å². The monoisotopic (exact) mass is 314 g/mol. The van der Waals surface area contributed by atoms with E-state index in [1.54, 1.807) is 14.1 Å². The smallest absolute Gasteiger partial charge is 0.326 e. The Bertz CT molecular complexity index is 480. The summed E-state index contributed by atoms with van der Waals surface area (Å²) in [6.45, 7) is 1.89. The molecule has 2 rings (SSSR count). The molecule has 0 spiro atoms. The highest BCUT2D eigenvalue weighted by atomic mass is 16.6. The topological polar surface area (TPSA) is 99.7 Å². The lowest BCUT2D eigenvalue weighted by molar-refractivity contribution is -0.148. The Kier molecular flexibility index (Phi) is 4.11. The molecule has 2 heterocycles. The third-order valence-electron chi connectivity index (χ3n) is 3.61. The highest BCUT2D eigenvalue weighted by Crippen LogP contribution is 2.32. The zero-order valence-electron chi connectivity index (χ0n) is 12.8. The maximum Gasteiger partial charge on any atom is 0.326 e. The molecule has 0 aromatic heterocycles. The Morgan fingerprint density at radius 2 is 1.23 bits per heavy atom. The number of esters is 2. The summed E-state index contributed by atoms with van der Waals surface area (Å²) in [5, 5.41) is 0. The van der Waals surface area contributed by atoms with Crippen molar-refractivity contribution in [3.8, 4) is 0 Å². The fourth-order valence-electron chi connectivity index (χ4n) is 2.59. The van der Waals surface area contributed by atoms with E-state index < -0.39 is 24.3 Å². The van der Waals surface area contributed by atoms with E-state index in [-0.39, 0.29) is 25.5 Å². The van der Waals surface area contributed by atoms with E-state index in [1.807, 2.05) is 0 Å². The SMILES string of the molecule is CC(=O)OCN1C(=O)N(C)C2C1N(COC(C)=O)C(=O)N2C. The molecule has 122 valence electrons. The Labute approximate surface area is 127 Å². The highest BCUT2D eigenvalue weighted by molar-refractivity contribution is 5.85. The van der Waals surface area contributed by atoms with Gasteiger partial charge in [-0.25, -0.2) is 9.59 Å².